The first kappa shape index (κ1) is 14.6. The minimum Gasteiger partial charge on any atom is -0.305 e. The summed E-state index contributed by atoms with van der Waals surface area (Å²) in [5, 5.41) is 0. The molecule has 6 heteroatoms. The number of imidazole rings is 1. The van der Waals surface area contributed by atoms with E-state index >= 15 is 0 Å². The van der Waals surface area contributed by atoms with Crippen molar-refractivity contribution in [3.8, 4) is 0 Å². The Morgan fingerprint density at radius 3 is 2.50 bits per heavy atom. The number of aryl methyl sites for hydroxylation is 2. The normalized spacial score (nSPS) is 11.7. The van der Waals surface area contributed by atoms with E-state index < -0.39 is 10.0 Å². The van der Waals surface area contributed by atoms with Crippen molar-refractivity contribution >= 4 is 21.4 Å². The summed E-state index contributed by atoms with van der Waals surface area (Å²) in [5.74, 6) is -0.0473. The number of anilines is 1. The molecule has 3 aromatic rings. The van der Waals surface area contributed by atoms with E-state index in [0.717, 1.165) is 22.5 Å². The van der Waals surface area contributed by atoms with E-state index in [0.29, 0.717) is 5.69 Å². The summed E-state index contributed by atoms with van der Waals surface area (Å²) >= 11 is 0. The third-order valence-electron chi connectivity index (χ3n) is 3.32. The number of nitrogens with zero attached hydrogens (tertiary/aromatic N) is 2. The molecular weight excluding hydrogens is 298 g/mol. The van der Waals surface area contributed by atoms with Crippen molar-refractivity contribution in [1.82, 2.24) is 9.38 Å². The van der Waals surface area contributed by atoms with Gasteiger partial charge < -0.3 is 4.40 Å². The Labute approximate surface area is 129 Å². The Balaban J connectivity index is 1.81. The van der Waals surface area contributed by atoms with Crippen molar-refractivity contribution in [2.24, 2.45) is 0 Å². The molecule has 3 rings (SSSR count). The third kappa shape index (κ3) is 3.28. The van der Waals surface area contributed by atoms with Crippen LogP contribution in [-0.4, -0.2) is 17.8 Å². The summed E-state index contributed by atoms with van der Waals surface area (Å²) in [6.45, 7) is 3.87. The van der Waals surface area contributed by atoms with Gasteiger partial charge in [0, 0.05) is 12.4 Å². The number of hydrogen-bond acceptors (Lipinski definition) is 3. The highest BCUT2D eigenvalue weighted by Crippen LogP contribution is 2.15. The van der Waals surface area contributed by atoms with Crippen LogP contribution in [0, 0.1) is 13.8 Å². The highest BCUT2D eigenvalue weighted by Gasteiger charge is 2.12. The van der Waals surface area contributed by atoms with Crippen molar-refractivity contribution in [2.45, 2.75) is 19.6 Å². The molecule has 0 saturated carbocycles. The smallest absolute Gasteiger partial charge is 0.236 e. The van der Waals surface area contributed by atoms with E-state index in [1.807, 2.05) is 44.3 Å². The van der Waals surface area contributed by atoms with Crippen LogP contribution < -0.4 is 4.72 Å². The van der Waals surface area contributed by atoms with Crippen LogP contribution in [0.3, 0.4) is 0 Å². The molecule has 0 fully saturated rings. The highest BCUT2D eigenvalue weighted by atomic mass is 32.2. The summed E-state index contributed by atoms with van der Waals surface area (Å²) in [6, 6.07) is 11.0. The number of fused-ring (bicyclic) bond motifs is 1. The van der Waals surface area contributed by atoms with Gasteiger partial charge in [0.2, 0.25) is 10.0 Å². The molecule has 0 atom stereocenters. The van der Waals surface area contributed by atoms with E-state index in [2.05, 4.69) is 9.71 Å². The van der Waals surface area contributed by atoms with Crippen molar-refractivity contribution in [3.05, 3.63) is 65.6 Å². The average Bonchev–Trinajstić information content (AvgIpc) is 2.80. The zero-order chi connectivity index (χ0) is 15.7. The number of sulfonamides is 1. The summed E-state index contributed by atoms with van der Waals surface area (Å²) in [7, 11) is -3.45. The van der Waals surface area contributed by atoms with Crippen molar-refractivity contribution in [2.75, 3.05) is 4.72 Å². The lowest BCUT2D eigenvalue weighted by molar-refractivity contribution is 0.600. The van der Waals surface area contributed by atoms with Crippen LogP contribution in [0.15, 0.2) is 48.8 Å². The zero-order valence-electron chi connectivity index (χ0n) is 12.4. The second-order valence-electron chi connectivity index (χ2n) is 5.41. The van der Waals surface area contributed by atoms with Crippen molar-refractivity contribution < 1.29 is 8.42 Å². The number of nitrogens with one attached hydrogen (secondary N) is 1. The van der Waals surface area contributed by atoms with Gasteiger partial charge >= 0.3 is 0 Å². The minimum absolute atomic E-state index is 0.0473. The number of benzene rings is 1. The molecule has 0 aliphatic carbocycles. The monoisotopic (exact) mass is 315 g/mol. The maximum absolute atomic E-state index is 12.3. The van der Waals surface area contributed by atoms with Gasteiger partial charge in [0.05, 0.1) is 17.1 Å². The molecule has 114 valence electrons. The van der Waals surface area contributed by atoms with E-state index in [1.165, 1.54) is 0 Å². The second-order valence-corrected chi connectivity index (χ2v) is 7.13. The fourth-order valence-electron chi connectivity index (χ4n) is 2.30. The minimum atomic E-state index is -3.45. The van der Waals surface area contributed by atoms with Crippen LogP contribution in [0.2, 0.25) is 0 Å². The lowest BCUT2D eigenvalue weighted by Gasteiger charge is -2.08. The number of pyridine rings is 1. The van der Waals surface area contributed by atoms with Crippen molar-refractivity contribution in [3.63, 3.8) is 0 Å². The molecular formula is C16H17N3O2S. The highest BCUT2D eigenvalue weighted by molar-refractivity contribution is 7.91. The Bertz CT molecular complexity index is 912. The molecule has 5 nitrogen and oxygen atoms in total. The maximum atomic E-state index is 12.3. The molecule has 0 radical (unpaired) electrons. The molecule has 0 spiro atoms. The first-order valence-corrected chi connectivity index (χ1v) is 8.58. The number of hydrogen-bond donors (Lipinski definition) is 1. The molecule has 1 aromatic carbocycles. The van der Waals surface area contributed by atoms with E-state index in [9.17, 15) is 8.42 Å². The van der Waals surface area contributed by atoms with Gasteiger partial charge in [-0.2, -0.15) is 0 Å². The van der Waals surface area contributed by atoms with Gasteiger partial charge in [0.15, 0.2) is 0 Å². The molecule has 2 heterocycles. The van der Waals surface area contributed by atoms with Gasteiger partial charge in [0.25, 0.3) is 0 Å². The molecule has 0 aliphatic rings. The van der Waals surface area contributed by atoms with Gasteiger partial charge in [0.1, 0.15) is 5.65 Å². The van der Waals surface area contributed by atoms with Crippen LogP contribution in [0.5, 0.6) is 0 Å². The third-order valence-corrected chi connectivity index (χ3v) is 4.58. The Kier molecular flexibility index (Phi) is 3.62. The Morgan fingerprint density at radius 2 is 1.77 bits per heavy atom. The van der Waals surface area contributed by atoms with E-state index in [4.69, 9.17) is 0 Å². The fraction of sp³-hybridized carbons (Fsp3) is 0.188. The van der Waals surface area contributed by atoms with Crippen LogP contribution in [0.4, 0.5) is 5.69 Å². The standard InChI is InChI=1S/C16H17N3O2S/c1-12-3-5-14(6-4-12)11-22(20,21)18-15-7-8-16-17-13(2)9-19(16)10-15/h3-10,18H,11H2,1-2H3. The average molecular weight is 315 g/mol. The van der Waals surface area contributed by atoms with Gasteiger partial charge in [-0.05, 0) is 31.5 Å². The fourth-order valence-corrected chi connectivity index (χ4v) is 3.48. The summed E-state index contributed by atoms with van der Waals surface area (Å²) in [6.07, 6.45) is 3.58. The van der Waals surface area contributed by atoms with Gasteiger partial charge in [-0.15, -0.1) is 0 Å². The van der Waals surface area contributed by atoms with Crippen LogP contribution >= 0.6 is 0 Å². The largest absolute Gasteiger partial charge is 0.305 e. The van der Waals surface area contributed by atoms with Crippen molar-refractivity contribution in [1.29, 1.82) is 0 Å². The number of rotatable bonds is 4. The Morgan fingerprint density at radius 1 is 1.05 bits per heavy atom. The molecule has 0 aliphatic heterocycles. The van der Waals surface area contributed by atoms with Crippen LogP contribution in [0.25, 0.3) is 5.65 Å². The molecule has 22 heavy (non-hydrogen) atoms. The predicted octanol–water partition coefficient (Wildman–Crippen LogP) is 2.89. The quantitative estimate of drug-likeness (QED) is 0.805. The molecule has 1 N–H and O–H groups in total. The summed E-state index contributed by atoms with van der Waals surface area (Å²) in [4.78, 5) is 4.31. The lowest BCUT2D eigenvalue weighted by Crippen LogP contribution is -2.15. The van der Waals surface area contributed by atoms with E-state index in [1.54, 1.807) is 22.7 Å². The second kappa shape index (κ2) is 5.46. The van der Waals surface area contributed by atoms with Gasteiger partial charge in [-0.1, -0.05) is 29.8 Å². The molecule has 2 aromatic heterocycles. The first-order chi connectivity index (χ1) is 10.4. The Hall–Kier alpha value is -2.34. The summed E-state index contributed by atoms with van der Waals surface area (Å²) in [5.41, 5.74) is 4.07. The zero-order valence-corrected chi connectivity index (χ0v) is 13.3. The van der Waals surface area contributed by atoms with Gasteiger partial charge in [-0.25, -0.2) is 13.4 Å². The molecule has 0 unspecified atom stereocenters. The topological polar surface area (TPSA) is 63.5 Å². The lowest BCUT2D eigenvalue weighted by atomic mass is 10.2. The maximum Gasteiger partial charge on any atom is 0.236 e. The first-order valence-electron chi connectivity index (χ1n) is 6.93. The number of aromatic nitrogens is 2. The predicted molar refractivity (Wildman–Crippen MR) is 87.4 cm³/mol. The van der Waals surface area contributed by atoms with Crippen LogP contribution in [0.1, 0.15) is 16.8 Å². The SMILES string of the molecule is Cc1ccc(CS(=O)(=O)Nc2ccc3nc(C)cn3c2)cc1. The summed E-state index contributed by atoms with van der Waals surface area (Å²) < 4.78 is 28.9. The molecule has 0 bridgehead atoms. The molecule has 0 saturated heterocycles. The van der Waals surface area contributed by atoms with Gasteiger partial charge in [-0.3, -0.25) is 4.72 Å². The van der Waals surface area contributed by atoms with Crippen LogP contribution in [-0.2, 0) is 15.8 Å². The molecule has 0 amide bonds. The van der Waals surface area contributed by atoms with E-state index in [-0.39, 0.29) is 5.75 Å².